The minimum Gasteiger partial charge on any atom is -0.480 e. The number of carbonyl (C=O) groups is 2. The van der Waals surface area contributed by atoms with Crippen LogP contribution in [0.1, 0.15) is 43.0 Å². The summed E-state index contributed by atoms with van der Waals surface area (Å²) in [5.41, 5.74) is 1.75. The molecule has 8 nitrogen and oxygen atoms in total. The number of hydrogen-bond acceptors (Lipinski definition) is 6. The zero-order chi connectivity index (χ0) is 18.0. The minimum absolute atomic E-state index is 0.0554. The summed E-state index contributed by atoms with van der Waals surface area (Å²) < 4.78 is 4.66. The fourth-order valence-electron chi connectivity index (χ4n) is 3.34. The lowest BCUT2D eigenvalue weighted by Gasteiger charge is -2.35. The smallest absolute Gasteiger partial charge is 0.320 e. The van der Waals surface area contributed by atoms with E-state index in [1.54, 1.807) is 30.0 Å². The second kappa shape index (κ2) is 7.18. The number of carboxylic acids is 1. The first kappa shape index (κ1) is 17.3. The van der Waals surface area contributed by atoms with Crippen molar-refractivity contribution in [3.05, 3.63) is 23.8 Å². The molecule has 1 heterocycles. The molecule has 1 aromatic heterocycles. The van der Waals surface area contributed by atoms with E-state index >= 15 is 0 Å². The zero-order valence-electron chi connectivity index (χ0n) is 14.3. The number of aromatic nitrogens is 2. The number of carboxylic acid groups (broad SMARTS) is 1. The van der Waals surface area contributed by atoms with E-state index in [1.165, 1.54) is 0 Å². The molecule has 1 atom stereocenters. The van der Waals surface area contributed by atoms with E-state index < -0.39 is 12.0 Å². The summed E-state index contributed by atoms with van der Waals surface area (Å²) in [6.07, 6.45) is 3.40. The molecule has 1 amide bonds. The van der Waals surface area contributed by atoms with Gasteiger partial charge in [-0.05, 0) is 61.1 Å². The Morgan fingerprint density at radius 2 is 1.92 bits per heavy atom. The van der Waals surface area contributed by atoms with E-state index in [0.29, 0.717) is 16.6 Å². The summed E-state index contributed by atoms with van der Waals surface area (Å²) in [6, 6.07) is 4.92. The molecule has 0 bridgehead atoms. The van der Waals surface area contributed by atoms with Gasteiger partial charge in [-0.25, -0.2) is 4.63 Å². The highest BCUT2D eigenvalue weighted by atomic mass is 16.6. The third kappa shape index (κ3) is 3.79. The van der Waals surface area contributed by atoms with Crippen LogP contribution in [0, 0.1) is 0 Å². The summed E-state index contributed by atoms with van der Waals surface area (Å²) >= 11 is 0. The molecule has 0 spiro atoms. The molecule has 0 unspecified atom stereocenters. The minimum atomic E-state index is -0.841. The number of nitrogens with one attached hydrogen (secondary N) is 1. The standard InChI is InChI=1S/C17H22N4O4/c1-10(17(23)24)18-12-4-6-13(7-5-12)21(2)16(22)11-3-8-14-15(9-11)20-25-19-14/h3,8-10,12-13,18H,4-7H2,1-2H3,(H,23,24)/t10-,12?,13?/m0/s1. The zero-order valence-corrected chi connectivity index (χ0v) is 14.3. The van der Waals surface area contributed by atoms with Crippen LogP contribution in [0.5, 0.6) is 0 Å². The van der Waals surface area contributed by atoms with Crippen molar-refractivity contribution in [3.8, 4) is 0 Å². The highest BCUT2D eigenvalue weighted by Crippen LogP contribution is 2.24. The Balaban J connectivity index is 1.59. The molecule has 1 saturated carbocycles. The van der Waals surface area contributed by atoms with E-state index in [-0.39, 0.29) is 18.0 Å². The molecule has 0 saturated heterocycles. The van der Waals surface area contributed by atoms with Crippen LogP contribution in [0.2, 0.25) is 0 Å². The molecular formula is C17H22N4O4. The highest BCUT2D eigenvalue weighted by molar-refractivity contribution is 5.97. The number of rotatable bonds is 5. The molecule has 2 aromatic rings. The monoisotopic (exact) mass is 346 g/mol. The van der Waals surface area contributed by atoms with Crippen molar-refractivity contribution in [2.24, 2.45) is 0 Å². The van der Waals surface area contributed by atoms with Gasteiger partial charge in [0.1, 0.15) is 17.1 Å². The molecule has 1 fully saturated rings. The molecule has 2 N–H and O–H groups in total. The predicted octanol–water partition coefficient (Wildman–Crippen LogP) is 1.67. The number of nitrogens with zero attached hydrogens (tertiary/aromatic N) is 3. The second-order valence-corrected chi connectivity index (χ2v) is 6.62. The summed E-state index contributed by atoms with van der Waals surface area (Å²) in [6.45, 7) is 1.65. The van der Waals surface area contributed by atoms with E-state index in [4.69, 9.17) is 5.11 Å². The Morgan fingerprint density at radius 1 is 1.24 bits per heavy atom. The van der Waals surface area contributed by atoms with Gasteiger partial charge in [-0.1, -0.05) is 0 Å². The topological polar surface area (TPSA) is 109 Å². The van der Waals surface area contributed by atoms with Crippen molar-refractivity contribution in [2.45, 2.75) is 50.7 Å². The molecule has 25 heavy (non-hydrogen) atoms. The number of hydrogen-bond donors (Lipinski definition) is 2. The van der Waals surface area contributed by atoms with E-state index in [9.17, 15) is 9.59 Å². The average Bonchev–Trinajstić information content (AvgIpc) is 3.08. The van der Waals surface area contributed by atoms with Gasteiger partial charge in [-0.3, -0.25) is 9.59 Å². The Morgan fingerprint density at radius 3 is 2.60 bits per heavy atom. The van der Waals surface area contributed by atoms with E-state index in [2.05, 4.69) is 20.3 Å². The number of aliphatic carboxylic acids is 1. The first-order valence-corrected chi connectivity index (χ1v) is 8.44. The molecule has 3 rings (SSSR count). The maximum Gasteiger partial charge on any atom is 0.320 e. The third-order valence-electron chi connectivity index (χ3n) is 4.92. The van der Waals surface area contributed by atoms with Crippen LogP contribution in [0.15, 0.2) is 22.8 Å². The van der Waals surface area contributed by atoms with Crippen molar-refractivity contribution in [1.82, 2.24) is 20.5 Å². The van der Waals surface area contributed by atoms with E-state index in [0.717, 1.165) is 25.7 Å². The first-order chi connectivity index (χ1) is 12.0. The molecule has 8 heteroatoms. The molecule has 1 aromatic carbocycles. The lowest BCUT2D eigenvalue weighted by molar-refractivity contribution is -0.139. The van der Waals surface area contributed by atoms with Gasteiger partial charge >= 0.3 is 5.97 Å². The first-order valence-electron chi connectivity index (χ1n) is 8.44. The molecular weight excluding hydrogens is 324 g/mol. The summed E-state index contributed by atoms with van der Waals surface area (Å²) in [4.78, 5) is 25.4. The fourth-order valence-corrected chi connectivity index (χ4v) is 3.34. The van der Waals surface area contributed by atoms with Crippen LogP contribution < -0.4 is 5.32 Å². The summed E-state index contributed by atoms with van der Waals surface area (Å²) in [7, 11) is 1.81. The Kier molecular flexibility index (Phi) is 4.98. The predicted molar refractivity (Wildman–Crippen MR) is 90.2 cm³/mol. The summed E-state index contributed by atoms with van der Waals surface area (Å²) in [5.74, 6) is -0.896. The van der Waals surface area contributed by atoms with Gasteiger partial charge in [0.2, 0.25) is 0 Å². The number of fused-ring (bicyclic) bond motifs is 1. The van der Waals surface area contributed by atoms with Crippen molar-refractivity contribution in [2.75, 3.05) is 7.05 Å². The molecule has 1 aliphatic carbocycles. The van der Waals surface area contributed by atoms with Crippen molar-refractivity contribution < 1.29 is 19.3 Å². The Bertz CT molecular complexity index is 767. The fraction of sp³-hybridized carbons (Fsp3) is 0.529. The number of amides is 1. The molecule has 134 valence electrons. The van der Waals surface area contributed by atoms with Gasteiger partial charge in [0.05, 0.1) is 0 Å². The Hall–Kier alpha value is -2.48. The van der Waals surface area contributed by atoms with Crippen LogP contribution in [-0.2, 0) is 4.79 Å². The lowest BCUT2D eigenvalue weighted by atomic mass is 9.89. The molecule has 0 radical (unpaired) electrons. The molecule has 0 aliphatic heterocycles. The quantitative estimate of drug-likeness (QED) is 0.847. The van der Waals surface area contributed by atoms with Gasteiger partial charge in [0, 0.05) is 24.7 Å². The van der Waals surface area contributed by atoms with Crippen LogP contribution in [-0.4, -0.2) is 57.4 Å². The lowest BCUT2D eigenvalue weighted by Crippen LogP contribution is -2.47. The maximum absolute atomic E-state index is 12.7. The van der Waals surface area contributed by atoms with Crippen LogP contribution in [0.25, 0.3) is 11.0 Å². The SMILES string of the molecule is C[C@H](NC1CCC(N(C)C(=O)c2ccc3nonc3c2)CC1)C(=O)O. The highest BCUT2D eigenvalue weighted by Gasteiger charge is 2.28. The van der Waals surface area contributed by atoms with Gasteiger partial charge < -0.3 is 15.3 Å². The van der Waals surface area contributed by atoms with E-state index in [1.807, 2.05) is 7.05 Å². The number of carbonyl (C=O) groups excluding carboxylic acids is 1. The molecule has 1 aliphatic rings. The van der Waals surface area contributed by atoms with Gasteiger partial charge in [-0.15, -0.1) is 0 Å². The second-order valence-electron chi connectivity index (χ2n) is 6.62. The van der Waals surface area contributed by atoms with Crippen LogP contribution in [0.3, 0.4) is 0 Å². The van der Waals surface area contributed by atoms with Gasteiger partial charge in [-0.2, -0.15) is 0 Å². The van der Waals surface area contributed by atoms with Crippen LogP contribution in [0.4, 0.5) is 0 Å². The van der Waals surface area contributed by atoms with Crippen molar-refractivity contribution in [1.29, 1.82) is 0 Å². The summed E-state index contributed by atoms with van der Waals surface area (Å²) in [5, 5.41) is 19.6. The van der Waals surface area contributed by atoms with Gasteiger partial charge in [0.25, 0.3) is 5.91 Å². The van der Waals surface area contributed by atoms with Crippen molar-refractivity contribution in [3.63, 3.8) is 0 Å². The number of benzene rings is 1. The normalized spacial score (nSPS) is 21.8. The largest absolute Gasteiger partial charge is 0.480 e. The Labute approximate surface area is 145 Å². The van der Waals surface area contributed by atoms with Gasteiger partial charge in [0.15, 0.2) is 0 Å². The average molecular weight is 346 g/mol. The van der Waals surface area contributed by atoms with Crippen LogP contribution >= 0.6 is 0 Å². The third-order valence-corrected chi connectivity index (χ3v) is 4.92. The van der Waals surface area contributed by atoms with Crippen molar-refractivity contribution >= 4 is 22.9 Å². The maximum atomic E-state index is 12.7.